The number of carbonyl (C=O) groups excluding carboxylic acids is 2. The van der Waals surface area contributed by atoms with Gasteiger partial charge >= 0.3 is 5.69 Å². The maximum atomic E-state index is 14.2. The molecule has 1 fully saturated rings. The number of carbonyl (C=O) groups is 2. The number of pyridine rings is 2. The molecule has 47 heavy (non-hydrogen) atoms. The van der Waals surface area contributed by atoms with Gasteiger partial charge in [-0.15, -0.1) is 0 Å². The third-order valence-corrected chi connectivity index (χ3v) is 8.68. The maximum absolute atomic E-state index is 14.2. The van der Waals surface area contributed by atoms with E-state index >= 15 is 0 Å². The lowest BCUT2D eigenvalue weighted by Gasteiger charge is -2.30. The van der Waals surface area contributed by atoms with E-state index in [0.29, 0.717) is 59.8 Å². The van der Waals surface area contributed by atoms with Crippen LogP contribution in [0.15, 0.2) is 88.8 Å². The average Bonchev–Trinajstić information content (AvgIpc) is 3.49. The molecule has 236 valence electrons. The first-order valence-electron chi connectivity index (χ1n) is 15.2. The molecule has 0 aliphatic heterocycles. The molecule has 0 bridgehead atoms. The van der Waals surface area contributed by atoms with Gasteiger partial charge in [0, 0.05) is 36.2 Å². The number of halogens is 1. The summed E-state index contributed by atoms with van der Waals surface area (Å²) in [5.74, 6) is -0.858. The van der Waals surface area contributed by atoms with E-state index in [1.165, 1.54) is 50.2 Å². The van der Waals surface area contributed by atoms with Crippen LogP contribution in [0.25, 0.3) is 33.5 Å². The Hall–Kier alpha value is -5.91. The topological polar surface area (TPSA) is 141 Å². The van der Waals surface area contributed by atoms with Crippen molar-refractivity contribution < 1.29 is 19.1 Å². The lowest BCUT2D eigenvalue weighted by Crippen LogP contribution is -2.45. The molecule has 0 atom stereocenters. The quantitative estimate of drug-likeness (QED) is 0.253. The number of phenolic OH excluding ortho intramolecular Hbond substituents is 1. The Labute approximate surface area is 266 Å². The molecule has 1 saturated carbocycles. The van der Waals surface area contributed by atoms with Crippen LogP contribution in [0.4, 0.5) is 4.39 Å². The number of aromatic hydroxyl groups is 1. The number of nitrogens with one attached hydrogen (secondary N) is 1. The van der Waals surface area contributed by atoms with E-state index in [1.807, 2.05) is 6.92 Å². The number of fused-ring (bicyclic) bond motifs is 2. The SMILES string of the molecule is Cc1cnc2c(c1)c(=O)n(C1CCC(NC(=O)c3cn4cc(F)ccc4n3)CC1)c(=O)n2-c1cccc(-c2ccc(O)cc2C=O)c1. The summed E-state index contributed by atoms with van der Waals surface area (Å²) in [6.45, 7) is 1.82. The van der Waals surface area contributed by atoms with E-state index in [9.17, 15) is 28.7 Å². The molecular weight excluding hydrogens is 603 g/mol. The summed E-state index contributed by atoms with van der Waals surface area (Å²) in [5.41, 5.74) is 2.60. The third kappa shape index (κ3) is 5.47. The number of hydrogen-bond donors (Lipinski definition) is 2. The number of aryl methyl sites for hydroxylation is 1. The van der Waals surface area contributed by atoms with Crippen molar-refractivity contribution in [3.8, 4) is 22.6 Å². The zero-order valence-corrected chi connectivity index (χ0v) is 25.3. The summed E-state index contributed by atoms with van der Waals surface area (Å²) in [7, 11) is 0. The number of imidazole rings is 1. The van der Waals surface area contributed by atoms with Crippen LogP contribution in [0.3, 0.4) is 0 Å². The van der Waals surface area contributed by atoms with E-state index < -0.39 is 23.1 Å². The van der Waals surface area contributed by atoms with Gasteiger partial charge in [-0.2, -0.15) is 0 Å². The van der Waals surface area contributed by atoms with Gasteiger partial charge in [0.15, 0.2) is 11.9 Å². The van der Waals surface area contributed by atoms with Crippen LogP contribution < -0.4 is 16.6 Å². The van der Waals surface area contributed by atoms with Gasteiger partial charge in [-0.1, -0.05) is 12.1 Å². The van der Waals surface area contributed by atoms with Crippen molar-refractivity contribution in [3.63, 3.8) is 0 Å². The second-order valence-electron chi connectivity index (χ2n) is 11.8. The highest BCUT2D eigenvalue weighted by Crippen LogP contribution is 2.30. The molecule has 2 N–H and O–H groups in total. The van der Waals surface area contributed by atoms with Crippen LogP contribution >= 0.6 is 0 Å². The zero-order valence-electron chi connectivity index (χ0n) is 25.3. The number of nitrogens with zero attached hydrogens (tertiary/aromatic N) is 5. The number of phenols is 1. The summed E-state index contributed by atoms with van der Waals surface area (Å²) >= 11 is 0. The first kappa shape index (κ1) is 29.8. The smallest absolute Gasteiger partial charge is 0.337 e. The summed E-state index contributed by atoms with van der Waals surface area (Å²) < 4.78 is 17.8. The molecule has 0 radical (unpaired) electrons. The zero-order chi connectivity index (χ0) is 32.8. The highest BCUT2D eigenvalue weighted by Gasteiger charge is 2.28. The predicted molar refractivity (Wildman–Crippen MR) is 173 cm³/mol. The highest BCUT2D eigenvalue weighted by atomic mass is 19.1. The van der Waals surface area contributed by atoms with Crippen LogP contribution in [0.2, 0.25) is 0 Å². The van der Waals surface area contributed by atoms with Crippen molar-refractivity contribution in [2.75, 3.05) is 0 Å². The second-order valence-corrected chi connectivity index (χ2v) is 11.8. The Morgan fingerprint density at radius 3 is 2.62 bits per heavy atom. The molecule has 11 nitrogen and oxygen atoms in total. The lowest BCUT2D eigenvalue weighted by atomic mass is 9.90. The van der Waals surface area contributed by atoms with Gasteiger partial charge in [0.2, 0.25) is 0 Å². The third-order valence-electron chi connectivity index (χ3n) is 8.68. The number of amides is 1. The van der Waals surface area contributed by atoms with Crippen molar-refractivity contribution in [3.05, 3.63) is 123 Å². The Balaban J connectivity index is 1.21. The van der Waals surface area contributed by atoms with Crippen molar-refractivity contribution in [2.24, 2.45) is 0 Å². The van der Waals surface area contributed by atoms with Crippen molar-refractivity contribution in [2.45, 2.75) is 44.7 Å². The molecule has 4 aromatic heterocycles. The van der Waals surface area contributed by atoms with Crippen LogP contribution in [-0.4, -0.2) is 46.8 Å². The van der Waals surface area contributed by atoms with Crippen LogP contribution in [-0.2, 0) is 0 Å². The van der Waals surface area contributed by atoms with Gasteiger partial charge in [0.05, 0.1) is 11.1 Å². The fourth-order valence-electron chi connectivity index (χ4n) is 6.40. The molecule has 1 amide bonds. The molecule has 1 aliphatic carbocycles. The number of aldehydes is 1. The highest BCUT2D eigenvalue weighted by molar-refractivity contribution is 5.93. The van der Waals surface area contributed by atoms with Crippen molar-refractivity contribution in [1.29, 1.82) is 0 Å². The summed E-state index contributed by atoms with van der Waals surface area (Å²) in [6, 6.07) is 15.4. The summed E-state index contributed by atoms with van der Waals surface area (Å²) in [5, 5.41) is 13.2. The molecule has 0 spiro atoms. The van der Waals surface area contributed by atoms with E-state index in [2.05, 4.69) is 15.3 Å². The fourth-order valence-corrected chi connectivity index (χ4v) is 6.40. The molecule has 7 rings (SSSR count). The standard InChI is InChI=1S/C35H29FN6O5/c1-20-13-29-32(37-16-20)41(26-4-2-3-21(14-26)28-11-10-27(44)15-22(28)19-43)35(47)42(34(29)46)25-8-6-24(7-9-25)38-33(45)30-18-40-17-23(36)5-12-31(40)39-30/h2-5,10-19,24-25,44H,6-9H2,1H3,(H,38,45). The Morgan fingerprint density at radius 1 is 1.02 bits per heavy atom. The summed E-state index contributed by atoms with van der Waals surface area (Å²) in [4.78, 5) is 61.6. The molecule has 12 heteroatoms. The second kappa shape index (κ2) is 11.8. The van der Waals surface area contributed by atoms with Gasteiger partial charge in [-0.05, 0) is 97.8 Å². The Kier molecular flexibility index (Phi) is 7.47. The number of benzene rings is 2. The first-order chi connectivity index (χ1) is 22.7. The van der Waals surface area contributed by atoms with Gasteiger partial charge in [-0.25, -0.2) is 23.7 Å². The van der Waals surface area contributed by atoms with Crippen LogP contribution in [0.5, 0.6) is 5.75 Å². The first-order valence-corrected chi connectivity index (χ1v) is 15.2. The number of rotatable bonds is 6. The van der Waals surface area contributed by atoms with E-state index in [4.69, 9.17) is 0 Å². The minimum absolute atomic E-state index is 0.0398. The Morgan fingerprint density at radius 2 is 1.83 bits per heavy atom. The molecule has 6 aromatic rings. The number of aromatic nitrogens is 5. The molecule has 2 aromatic carbocycles. The van der Waals surface area contributed by atoms with E-state index in [-0.39, 0.29) is 34.6 Å². The monoisotopic (exact) mass is 632 g/mol. The largest absolute Gasteiger partial charge is 0.508 e. The van der Waals surface area contributed by atoms with Gasteiger partial charge in [0.25, 0.3) is 11.5 Å². The normalized spacial score (nSPS) is 16.4. The minimum atomic E-state index is -0.540. The number of hydrogen-bond acceptors (Lipinski definition) is 7. The molecule has 1 aliphatic rings. The van der Waals surface area contributed by atoms with Gasteiger partial charge in [0.1, 0.15) is 22.9 Å². The lowest BCUT2D eigenvalue weighted by molar-refractivity contribution is 0.0917. The molecule has 0 unspecified atom stereocenters. The van der Waals surface area contributed by atoms with Crippen molar-refractivity contribution in [1.82, 2.24) is 28.8 Å². The summed E-state index contributed by atoms with van der Waals surface area (Å²) in [6.07, 6.45) is 6.98. The average molecular weight is 633 g/mol. The maximum Gasteiger partial charge on any atom is 0.337 e. The fraction of sp³-hybridized carbons (Fsp3) is 0.200. The molecule has 0 saturated heterocycles. The van der Waals surface area contributed by atoms with Crippen molar-refractivity contribution >= 4 is 28.9 Å². The Bertz CT molecular complexity index is 2330. The minimum Gasteiger partial charge on any atom is -0.508 e. The van der Waals surface area contributed by atoms with Crippen LogP contribution in [0, 0.1) is 12.7 Å². The van der Waals surface area contributed by atoms with Gasteiger partial charge in [-0.3, -0.25) is 19.0 Å². The predicted octanol–water partition coefficient (Wildman–Crippen LogP) is 4.74. The van der Waals surface area contributed by atoms with E-state index in [0.717, 1.165) is 5.56 Å². The van der Waals surface area contributed by atoms with E-state index in [1.54, 1.807) is 42.6 Å². The molecule has 4 heterocycles. The van der Waals surface area contributed by atoms with Crippen LogP contribution in [0.1, 0.15) is 58.1 Å². The molecular formula is C35H29FN6O5. The van der Waals surface area contributed by atoms with Gasteiger partial charge < -0.3 is 14.8 Å².